The van der Waals surface area contributed by atoms with E-state index in [2.05, 4.69) is 10.3 Å². The molecule has 0 spiro atoms. The molecule has 17 heavy (non-hydrogen) atoms. The molecule has 1 heterocycles. The van der Waals surface area contributed by atoms with Crippen LogP contribution in [0.15, 0.2) is 12.1 Å². The summed E-state index contributed by atoms with van der Waals surface area (Å²) >= 11 is 0. The molecule has 0 amide bonds. The molecule has 0 bridgehead atoms. The molecule has 0 saturated carbocycles. The summed E-state index contributed by atoms with van der Waals surface area (Å²) in [6, 6.07) is 2.55. The fourth-order valence-electron chi connectivity index (χ4n) is 1.11. The van der Waals surface area contributed by atoms with Gasteiger partial charge < -0.3 is 15.8 Å². The SMILES string of the molecule is COC(C)(C)CNc1cc([N+](=O)[O-])cc(N)n1. The number of hydrogen-bond donors (Lipinski definition) is 2. The number of nitrogens with two attached hydrogens (primary N) is 1. The number of rotatable bonds is 5. The lowest BCUT2D eigenvalue weighted by atomic mass is 10.1. The standard InChI is InChI=1S/C10H16N4O3/c1-10(2,17-3)6-12-9-5-7(14(15)16)4-8(11)13-9/h4-5H,6H2,1-3H3,(H3,11,12,13). The zero-order valence-electron chi connectivity index (χ0n) is 10.1. The fraction of sp³-hybridized carbons (Fsp3) is 0.500. The van der Waals surface area contributed by atoms with E-state index in [9.17, 15) is 10.1 Å². The minimum Gasteiger partial charge on any atom is -0.383 e. The van der Waals surface area contributed by atoms with Crippen molar-refractivity contribution in [2.45, 2.75) is 19.4 Å². The molecule has 3 N–H and O–H groups in total. The van der Waals surface area contributed by atoms with Gasteiger partial charge in [-0.3, -0.25) is 10.1 Å². The number of aromatic nitrogens is 1. The molecule has 0 aliphatic rings. The lowest BCUT2D eigenvalue weighted by Gasteiger charge is -2.23. The minimum absolute atomic E-state index is 0.0878. The van der Waals surface area contributed by atoms with E-state index < -0.39 is 4.92 Å². The van der Waals surface area contributed by atoms with E-state index >= 15 is 0 Å². The van der Waals surface area contributed by atoms with Crippen molar-refractivity contribution >= 4 is 17.3 Å². The Hall–Kier alpha value is -1.89. The molecular weight excluding hydrogens is 224 g/mol. The largest absolute Gasteiger partial charge is 0.383 e. The molecular formula is C10H16N4O3. The van der Waals surface area contributed by atoms with Crippen LogP contribution in [0.25, 0.3) is 0 Å². The lowest BCUT2D eigenvalue weighted by Crippen LogP contribution is -2.32. The number of nitro groups is 1. The maximum absolute atomic E-state index is 10.6. The number of nitrogens with one attached hydrogen (secondary N) is 1. The summed E-state index contributed by atoms with van der Waals surface area (Å²) in [5.41, 5.74) is 5.01. The molecule has 0 saturated heterocycles. The molecule has 7 heteroatoms. The van der Waals surface area contributed by atoms with E-state index in [-0.39, 0.29) is 17.1 Å². The van der Waals surface area contributed by atoms with E-state index in [4.69, 9.17) is 10.5 Å². The fourth-order valence-corrected chi connectivity index (χ4v) is 1.11. The van der Waals surface area contributed by atoms with Crippen molar-refractivity contribution in [1.82, 2.24) is 4.98 Å². The highest BCUT2D eigenvalue weighted by Gasteiger charge is 2.17. The molecule has 0 unspecified atom stereocenters. The van der Waals surface area contributed by atoms with Crippen LogP contribution >= 0.6 is 0 Å². The van der Waals surface area contributed by atoms with Crippen LogP contribution in [0, 0.1) is 10.1 Å². The molecule has 0 fully saturated rings. The van der Waals surface area contributed by atoms with Crippen molar-refractivity contribution < 1.29 is 9.66 Å². The van der Waals surface area contributed by atoms with E-state index in [0.717, 1.165) is 0 Å². The number of pyridine rings is 1. The summed E-state index contributed by atoms with van der Waals surface area (Å²) in [6.45, 7) is 4.25. The number of methoxy groups -OCH3 is 1. The molecule has 1 rings (SSSR count). The van der Waals surface area contributed by atoms with Gasteiger partial charge in [-0.25, -0.2) is 4.98 Å². The van der Waals surface area contributed by atoms with Crippen LogP contribution in [0.3, 0.4) is 0 Å². The molecule has 1 aromatic heterocycles. The summed E-state index contributed by atoms with van der Waals surface area (Å²) < 4.78 is 5.21. The van der Waals surface area contributed by atoms with Crippen LogP contribution in [-0.2, 0) is 4.74 Å². The topological polar surface area (TPSA) is 103 Å². The van der Waals surface area contributed by atoms with Crippen molar-refractivity contribution in [1.29, 1.82) is 0 Å². The second-order valence-electron chi connectivity index (χ2n) is 4.21. The average Bonchev–Trinajstić information content (AvgIpc) is 2.26. The first-order valence-corrected chi connectivity index (χ1v) is 5.05. The molecule has 0 aromatic carbocycles. The third-order valence-electron chi connectivity index (χ3n) is 2.29. The highest BCUT2D eigenvalue weighted by Crippen LogP contribution is 2.19. The molecule has 94 valence electrons. The summed E-state index contributed by atoms with van der Waals surface area (Å²) in [6.07, 6.45) is 0. The van der Waals surface area contributed by atoms with Crippen LogP contribution in [0.1, 0.15) is 13.8 Å². The van der Waals surface area contributed by atoms with Gasteiger partial charge in [-0.1, -0.05) is 0 Å². The Labute approximate surface area is 99.1 Å². The van der Waals surface area contributed by atoms with Crippen molar-refractivity contribution in [3.05, 3.63) is 22.2 Å². The summed E-state index contributed by atoms with van der Waals surface area (Å²) in [7, 11) is 1.59. The molecule has 1 aromatic rings. The Morgan fingerprint density at radius 3 is 2.76 bits per heavy atom. The Morgan fingerprint density at radius 2 is 2.24 bits per heavy atom. The molecule has 0 aliphatic carbocycles. The summed E-state index contributed by atoms with van der Waals surface area (Å²) in [5, 5.41) is 13.6. The van der Waals surface area contributed by atoms with E-state index in [0.29, 0.717) is 12.4 Å². The van der Waals surface area contributed by atoms with Crippen molar-refractivity contribution in [2.75, 3.05) is 24.7 Å². The first-order chi connectivity index (χ1) is 7.84. The average molecular weight is 240 g/mol. The zero-order valence-corrected chi connectivity index (χ0v) is 10.1. The second kappa shape index (κ2) is 4.96. The number of nitrogens with zero attached hydrogens (tertiary/aromatic N) is 2. The molecule has 0 aliphatic heterocycles. The summed E-state index contributed by atoms with van der Waals surface area (Å²) in [4.78, 5) is 14.1. The first-order valence-electron chi connectivity index (χ1n) is 5.05. The second-order valence-corrected chi connectivity index (χ2v) is 4.21. The maximum atomic E-state index is 10.6. The van der Waals surface area contributed by atoms with Gasteiger partial charge in [0.15, 0.2) is 0 Å². The third kappa shape index (κ3) is 3.87. The summed E-state index contributed by atoms with van der Waals surface area (Å²) in [5.74, 6) is 0.471. The van der Waals surface area contributed by atoms with Gasteiger partial charge in [0.05, 0.1) is 22.7 Å². The number of ether oxygens (including phenoxy) is 1. The Bertz CT molecular complexity index is 420. The quantitative estimate of drug-likeness (QED) is 0.595. The molecule has 0 atom stereocenters. The first kappa shape index (κ1) is 13.2. The number of anilines is 2. The van der Waals surface area contributed by atoms with Gasteiger partial charge in [0, 0.05) is 13.7 Å². The lowest BCUT2D eigenvalue weighted by molar-refractivity contribution is -0.384. The van der Waals surface area contributed by atoms with E-state index in [1.54, 1.807) is 7.11 Å². The Balaban J connectivity index is 2.81. The molecule has 0 radical (unpaired) electrons. The normalized spacial score (nSPS) is 11.2. The van der Waals surface area contributed by atoms with Crippen molar-refractivity contribution in [3.8, 4) is 0 Å². The van der Waals surface area contributed by atoms with Gasteiger partial charge in [-0.05, 0) is 13.8 Å². The van der Waals surface area contributed by atoms with Gasteiger partial charge in [-0.15, -0.1) is 0 Å². The predicted octanol–water partition coefficient (Wildman–Crippen LogP) is 1.41. The van der Waals surface area contributed by atoms with Crippen LogP contribution in [0.4, 0.5) is 17.3 Å². The van der Waals surface area contributed by atoms with Gasteiger partial charge in [-0.2, -0.15) is 0 Å². The Kier molecular flexibility index (Phi) is 3.84. The predicted molar refractivity (Wildman–Crippen MR) is 64.9 cm³/mol. The smallest absolute Gasteiger partial charge is 0.276 e. The number of hydrogen-bond acceptors (Lipinski definition) is 6. The number of nitrogen functional groups attached to an aromatic ring is 1. The highest BCUT2D eigenvalue weighted by atomic mass is 16.6. The van der Waals surface area contributed by atoms with E-state index in [1.165, 1.54) is 12.1 Å². The van der Waals surface area contributed by atoms with Crippen molar-refractivity contribution in [2.24, 2.45) is 0 Å². The maximum Gasteiger partial charge on any atom is 0.276 e. The van der Waals surface area contributed by atoms with Gasteiger partial charge in [0.1, 0.15) is 11.6 Å². The van der Waals surface area contributed by atoms with Gasteiger partial charge in [0.25, 0.3) is 5.69 Å². The van der Waals surface area contributed by atoms with Crippen LogP contribution < -0.4 is 11.1 Å². The van der Waals surface area contributed by atoms with Crippen molar-refractivity contribution in [3.63, 3.8) is 0 Å². The van der Waals surface area contributed by atoms with E-state index in [1.807, 2.05) is 13.8 Å². The third-order valence-corrected chi connectivity index (χ3v) is 2.29. The monoisotopic (exact) mass is 240 g/mol. The van der Waals surface area contributed by atoms with Gasteiger partial charge >= 0.3 is 0 Å². The minimum atomic E-state index is -0.509. The van der Waals surface area contributed by atoms with Crippen LogP contribution in [0.2, 0.25) is 0 Å². The zero-order chi connectivity index (χ0) is 13.1. The van der Waals surface area contributed by atoms with Crippen LogP contribution in [0.5, 0.6) is 0 Å². The Morgan fingerprint density at radius 1 is 1.59 bits per heavy atom. The van der Waals surface area contributed by atoms with Gasteiger partial charge in [0.2, 0.25) is 0 Å². The van der Waals surface area contributed by atoms with Crippen LogP contribution in [-0.4, -0.2) is 29.2 Å². The molecule has 7 nitrogen and oxygen atoms in total. The highest BCUT2D eigenvalue weighted by molar-refractivity contribution is 5.52.